The van der Waals surface area contributed by atoms with Crippen LogP contribution in [0.1, 0.15) is 0 Å². The van der Waals surface area contributed by atoms with Crippen LogP contribution in [0.4, 0.5) is 34.1 Å². The molecule has 0 saturated heterocycles. The van der Waals surface area contributed by atoms with Gasteiger partial charge in [-0.3, -0.25) is 0 Å². The van der Waals surface area contributed by atoms with Gasteiger partial charge in [0, 0.05) is 22.3 Å². The Labute approximate surface area is 258 Å². The highest BCUT2D eigenvalue weighted by atomic mass is 32.2. The second kappa shape index (κ2) is 9.80. The lowest BCUT2D eigenvalue weighted by atomic mass is 9.90. The Kier molecular flexibility index (Phi) is 5.59. The third-order valence-electron chi connectivity index (χ3n) is 8.73. The number of hydrogen-bond acceptors (Lipinski definition) is 3. The minimum absolute atomic E-state index is 0.821. The maximum absolute atomic E-state index is 14.7. The van der Waals surface area contributed by atoms with Crippen molar-refractivity contribution in [2.24, 2.45) is 0 Å². The highest BCUT2D eigenvalue weighted by molar-refractivity contribution is 7.85. The number of para-hydroxylation sites is 2. The molecule has 0 bridgehead atoms. The van der Waals surface area contributed by atoms with Crippen molar-refractivity contribution in [3.05, 3.63) is 158 Å². The van der Waals surface area contributed by atoms with Crippen LogP contribution < -0.4 is 9.80 Å². The van der Waals surface area contributed by atoms with Crippen LogP contribution in [0.25, 0.3) is 33.0 Å². The van der Waals surface area contributed by atoms with Gasteiger partial charge in [0.1, 0.15) is 0 Å². The summed E-state index contributed by atoms with van der Waals surface area (Å²) in [5.74, 6) is 0. The molecule has 2 aliphatic rings. The highest BCUT2D eigenvalue weighted by Gasteiger charge is 2.36. The second-order valence-electron chi connectivity index (χ2n) is 11.1. The number of hydrogen-bond donors (Lipinski definition) is 0. The van der Waals surface area contributed by atoms with Crippen LogP contribution in [-0.2, 0) is 10.8 Å². The van der Waals surface area contributed by atoms with Crippen LogP contribution >= 0.6 is 0 Å². The van der Waals surface area contributed by atoms with Crippen molar-refractivity contribution in [1.82, 2.24) is 0 Å². The molecule has 0 N–H and O–H groups in total. The normalized spacial score (nSPS) is 14.6. The maximum Gasteiger partial charge on any atom is 0.0899 e. The lowest BCUT2D eigenvalue weighted by Gasteiger charge is -2.38. The zero-order valence-corrected chi connectivity index (χ0v) is 24.5. The van der Waals surface area contributed by atoms with E-state index in [0.717, 1.165) is 60.4 Å². The van der Waals surface area contributed by atoms with E-state index in [1.807, 2.05) is 30.3 Å². The van der Waals surface area contributed by atoms with Crippen LogP contribution in [0.3, 0.4) is 0 Å². The first kappa shape index (κ1) is 25.1. The van der Waals surface area contributed by atoms with Gasteiger partial charge in [-0.25, -0.2) is 4.21 Å². The van der Waals surface area contributed by atoms with Crippen LogP contribution in [-0.4, -0.2) is 4.21 Å². The molecule has 1 atom stereocenters. The van der Waals surface area contributed by atoms with Crippen molar-refractivity contribution in [2.75, 3.05) is 9.80 Å². The van der Waals surface area contributed by atoms with E-state index in [1.165, 1.54) is 16.5 Å². The van der Waals surface area contributed by atoms with Gasteiger partial charge in [-0.1, -0.05) is 103 Å². The monoisotopic (exact) mass is 582 g/mol. The number of rotatable bonds is 3. The molecule has 1 unspecified atom stereocenters. The highest BCUT2D eigenvalue weighted by Crippen LogP contribution is 2.57. The molecule has 4 heteroatoms. The molecular weight excluding hydrogens is 557 g/mol. The summed E-state index contributed by atoms with van der Waals surface area (Å²) < 4.78 is 14.7. The molecule has 0 fully saturated rings. The molecule has 0 saturated carbocycles. The Morgan fingerprint density at radius 2 is 1.02 bits per heavy atom. The molecular formula is C40H26N2OS. The molecule has 2 aliphatic heterocycles. The first-order valence-corrected chi connectivity index (χ1v) is 15.9. The fourth-order valence-corrected chi connectivity index (χ4v) is 8.34. The van der Waals surface area contributed by atoms with E-state index < -0.39 is 10.8 Å². The quantitative estimate of drug-likeness (QED) is 0.207. The lowest BCUT2D eigenvalue weighted by molar-refractivity contribution is 0.682. The molecule has 0 spiro atoms. The van der Waals surface area contributed by atoms with Gasteiger partial charge in [0.05, 0.1) is 43.3 Å². The molecule has 7 aromatic carbocycles. The standard InChI is InChI=1S/C40H26N2OS/c43-44-37-20-8-7-18-33(37)41(30-15-5-2-6-16-30)36-26-25-35-39(40(36)44)32-17-9-13-29-14-10-19-34(38(29)32)42(35)31-23-21-28(22-24-31)27-11-3-1-4-12-27/h1-26H. The van der Waals surface area contributed by atoms with Gasteiger partial charge in [0.25, 0.3) is 0 Å². The summed E-state index contributed by atoms with van der Waals surface area (Å²) in [6, 6.07) is 55.0. The average Bonchev–Trinajstić information content (AvgIpc) is 3.09. The van der Waals surface area contributed by atoms with Crippen molar-refractivity contribution in [1.29, 1.82) is 0 Å². The molecule has 2 heterocycles. The van der Waals surface area contributed by atoms with Crippen LogP contribution in [0.2, 0.25) is 0 Å². The predicted octanol–water partition coefficient (Wildman–Crippen LogP) is 10.9. The predicted molar refractivity (Wildman–Crippen MR) is 182 cm³/mol. The number of nitrogens with zero attached hydrogens (tertiary/aromatic N) is 2. The van der Waals surface area contributed by atoms with Crippen molar-refractivity contribution >= 4 is 55.7 Å². The van der Waals surface area contributed by atoms with E-state index in [4.69, 9.17) is 0 Å². The fourth-order valence-electron chi connectivity index (χ4n) is 6.82. The van der Waals surface area contributed by atoms with E-state index in [2.05, 4.69) is 137 Å². The lowest BCUT2D eigenvalue weighted by Crippen LogP contribution is -2.22. The zero-order valence-electron chi connectivity index (χ0n) is 23.7. The first-order chi connectivity index (χ1) is 21.8. The molecule has 3 nitrogen and oxygen atoms in total. The maximum atomic E-state index is 14.7. The molecule has 44 heavy (non-hydrogen) atoms. The first-order valence-electron chi connectivity index (χ1n) is 14.8. The van der Waals surface area contributed by atoms with E-state index in [1.54, 1.807) is 0 Å². The zero-order chi connectivity index (χ0) is 29.2. The summed E-state index contributed by atoms with van der Waals surface area (Å²) in [6.07, 6.45) is 0. The topological polar surface area (TPSA) is 23.6 Å². The van der Waals surface area contributed by atoms with Gasteiger partial charge in [-0.15, -0.1) is 0 Å². The van der Waals surface area contributed by atoms with Gasteiger partial charge in [0.2, 0.25) is 0 Å². The minimum atomic E-state index is -1.39. The summed E-state index contributed by atoms with van der Waals surface area (Å²) in [7, 11) is -1.39. The molecule has 0 radical (unpaired) electrons. The Bertz CT molecular complexity index is 2240. The van der Waals surface area contributed by atoms with Crippen molar-refractivity contribution in [3.8, 4) is 22.3 Å². The summed E-state index contributed by atoms with van der Waals surface area (Å²) >= 11 is 0. The van der Waals surface area contributed by atoms with Gasteiger partial charge in [-0.2, -0.15) is 0 Å². The van der Waals surface area contributed by atoms with Crippen molar-refractivity contribution in [3.63, 3.8) is 0 Å². The molecule has 9 rings (SSSR count). The van der Waals surface area contributed by atoms with Gasteiger partial charge in [-0.05, 0) is 76.7 Å². The van der Waals surface area contributed by atoms with Crippen molar-refractivity contribution in [2.45, 2.75) is 9.79 Å². The average molecular weight is 583 g/mol. The number of anilines is 6. The Balaban J connectivity index is 1.33. The summed E-state index contributed by atoms with van der Waals surface area (Å²) in [6.45, 7) is 0. The minimum Gasteiger partial charge on any atom is -0.309 e. The number of fused-ring (bicyclic) bond motifs is 5. The summed E-state index contributed by atoms with van der Waals surface area (Å²) in [4.78, 5) is 6.26. The largest absolute Gasteiger partial charge is 0.309 e. The van der Waals surface area contributed by atoms with E-state index in [9.17, 15) is 4.21 Å². The van der Waals surface area contributed by atoms with E-state index in [-0.39, 0.29) is 0 Å². The molecule has 208 valence electrons. The SMILES string of the molecule is O=S1c2ccccc2N(c2ccccc2)c2ccc3c(c21)-c1cccc2cccc(c12)N3c1ccc(-c2ccccc2)cc1. The van der Waals surface area contributed by atoms with Crippen LogP contribution in [0, 0.1) is 0 Å². The Morgan fingerprint density at radius 3 is 1.82 bits per heavy atom. The molecule has 7 aromatic rings. The molecule has 0 aliphatic carbocycles. The summed E-state index contributed by atoms with van der Waals surface area (Å²) in [5, 5.41) is 2.33. The third-order valence-corrected chi connectivity index (χ3v) is 10.3. The van der Waals surface area contributed by atoms with Gasteiger partial charge in [0.15, 0.2) is 0 Å². The summed E-state index contributed by atoms with van der Waals surface area (Å²) in [5.41, 5.74) is 10.7. The van der Waals surface area contributed by atoms with Gasteiger partial charge >= 0.3 is 0 Å². The smallest absolute Gasteiger partial charge is 0.0899 e. The van der Waals surface area contributed by atoms with Crippen LogP contribution in [0.5, 0.6) is 0 Å². The second-order valence-corrected chi connectivity index (χ2v) is 12.5. The molecule has 0 amide bonds. The number of benzene rings is 7. The fraction of sp³-hybridized carbons (Fsp3) is 0. The van der Waals surface area contributed by atoms with Crippen LogP contribution in [0.15, 0.2) is 168 Å². The van der Waals surface area contributed by atoms with Crippen molar-refractivity contribution < 1.29 is 4.21 Å². The van der Waals surface area contributed by atoms with E-state index in [0.29, 0.717) is 0 Å². The van der Waals surface area contributed by atoms with E-state index >= 15 is 0 Å². The Hall–Kier alpha value is -5.45. The molecule has 0 aromatic heterocycles. The third kappa shape index (κ3) is 3.65. The van der Waals surface area contributed by atoms with Gasteiger partial charge < -0.3 is 9.80 Å². The Morgan fingerprint density at radius 1 is 0.432 bits per heavy atom.